The number of hydrogen-bond donors (Lipinski definition) is 1. The largest absolute Gasteiger partial charge is 0.444 e. The highest BCUT2D eigenvalue weighted by Gasteiger charge is 2.31. The molecule has 114 valence electrons. The lowest BCUT2D eigenvalue weighted by Crippen LogP contribution is -2.40. The van der Waals surface area contributed by atoms with Gasteiger partial charge in [-0.2, -0.15) is 0 Å². The van der Waals surface area contributed by atoms with Crippen LogP contribution >= 0.6 is 0 Å². The molecule has 1 amide bonds. The van der Waals surface area contributed by atoms with Crippen molar-refractivity contribution in [2.24, 2.45) is 0 Å². The summed E-state index contributed by atoms with van der Waals surface area (Å²) in [5.41, 5.74) is 10.4. The van der Waals surface area contributed by atoms with Crippen LogP contribution in [0.5, 0.6) is 0 Å². The Labute approximate surface area is 126 Å². The number of hydrogen-bond acceptors (Lipinski definition) is 3. The molecule has 0 radical (unpaired) electrons. The Morgan fingerprint density at radius 3 is 2.67 bits per heavy atom. The number of carbonyl (C=O) groups excluding carboxylic acids is 1. The highest BCUT2D eigenvalue weighted by molar-refractivity contribution is 5.69. The van der Waals surface area contributed by atoms with Gasteiger partial charge >= 0.3 is 6.09 Å². The summed E-state index contributed by atoms with van der Waals surface area (Å²) in [5.74, 6) is 0.690. The number of rotatable bonds is 1. The van der Waals surface area contributed by atoms with Gasteiger partial charge in [-0.25, -0.2) is 4.79 Å². The maximum atomic E-state index is 12.2. The molecule has 3 rings (SSSR count). The van der Waals surface area contributed by atoms with E-state index in [4.69, 9.17) is 10.5 Å². The SMILES string of the molecule is CC(C)(C)OC(=O)N1CCc2c(cc(N)cc2C2CC2)C1. The maximum Gasteiger partial charge on any atom is 0.410 e. The monoisotopic (exact) mass is 288 g/mol. The lowest BCUT2D eigenvalue weighted by Gasteiger charge is -2.32. The molecule has 4 nitrogen and oxygen atoms in total. The standard InChI is InChI=1S/C17H24N2O2/c1-17(2,3)21-16(20)19-7-6-14-12(10-19)8-13(18)9-15(14)11-4-5-11/h8-9,11H,4-7,10,18H2,1-3H3. The first-order valence-corrected chi connectivity index (χ1v) is 7.72. The van der Waals surface area contributed by atoms with Gasteiger partial charge in [0.1, 0.15) is 5.60 Å². The van der Waals surface area contributed by atoms with Gasteiger partial charge in [0.15, 0.2) is 0 Å². The predicted molar refractivity (Wildman–Crippen MR) is 83.2 cm³/mol. The number of ether oxygens (including phenoxy) is 1. The van der Waals surface area contributed by atoms with Gasteiger partial charge in [0, 0.05) is 18.8 Å². The molecule has 0 aromatic heterocycles. The molecule has 0 saturated heterocycles. The number of nitrogens with two attached hydrogens (primary N) is 1. The molecule has 4 heteroatoms. The van der Waals surface area contributed by atoms with E-state index in [1.54, 1.807) is 4.90 Å². The molecule has 0 spiro atoms. The summed E-state index contributed by atoms with van der Waals surface area (Å²) in [6, 6.07) is 4.14. The van der Waals surface area contributed by atoms with Gasteiger partial charge in [0.05, 0.1) is 0 Å². The zero-order valence-electron chi connectivity index (χ0n) is 13.1. The first-order chi connectivity index (χ1) is 9.83. The summed E-state index contributed by atoms with van der Waals surface area (Å²) in [5, 5.41) is 0. The number of amides is 1. The Balaban J connectivity index is 1.81. The van der Waals surface area contributed by atoms with Crippen molar-refractivity contribution < 1.29 is 9.53 Å². The number of nitrogen functional groups attached to an aromatic ring is 1. The first kappa shape index (κ1) is 14.2. The molecule has 0 unspecified atom stereocenters. The lowest BCUT2D eigenvalue weighted by atomic mass is 9.91. The quantitative estimate of drug-likeness (QED) is 0.805. The van der Waals surface area contributed by atoms with Crippen molar-refractivity contribution in [3.05, 3.63) is 28.8 Å². The van der Waals surface area contributed by atoms with E-state index in [0.29, 0.717) is 12.5 Å². The third-order valence-electron chi connectivity index (χ3n) is 4.06. The highest BCUT2D eigenvalue weighted by atomic mass is 16.6. The van der Waals surface area contributed by atoms with Crippen LogP contribution in [-0.4, -0.2) is 23.1 Å². The Morgan fingerprint density at radius 2 is 2.05 bits per heavy atom. The molecular formula is C17H24N2O2. The van der Waals surface area contributed by atoms with Crippen molar-refractivity contribution in [3.8, 4) is 0 Å². The molecule has 1 fully saturated rings. The van der Waals surface area contributed by atoms with Crippen LogP contribution in [0.25, 0.3) is 0 Å². The van der Waals surface area contributed by atoms with Crippen molar-refractivity contribution in [2.45, 2.75) is 58.1 Å². The fourth-order valence-electron chi connectivity index (χ4n) is 3.00. The summed E-state index contributed by atoms with van der Waals surface area (Å²) in [6.45, 7) is 7.02. The Hall–Kier alpha value is -1.71. The van der Waals surface area contributed by atoms with Crippen molar-refractivity contribution in [2.75, 3.05) is 12.3 Å². The molecule has 0 atom stereocenters. The number of anilines is 1. The molecule has 1 aromatic rings. The van der Waals surface area contributed by atoms with Gasteiger partial charge in [0.2, 0.25) is 0 Å². The van der Waals surface area contributed by atoms with E-state index in [1.165, 1.54) is 29.5 Å². The normalized spacial score (nSPS) is 18.3. The average Bonchev–Trinajstić information content (AvgIpc) is 3.19. The minimum Gasteiger partial charge on any atom is -0.444 e. The molecule has 1 aromatic carbocycles. The van der Waals surface area contributed by atoms with Gasteiger partial charge in [-0.3, -0.25) is 0 Å². The molecule has 21 heavy (non-hydrogen) atoms. The second kappa shape index (κ2) is 4.93. The summed E-state index contributed by atoms with van der Waals surface area (Å²) in [4.78, 5) is 14.0. The van der Waals surface area contributed by atoms with Crippen LogP contribution < -0.4 is 5.73 Å². The van der Waals surface area contributed by atoms with Gasteiger partial charge in [-0.15, -0.1) is 0 Å². The third kappa shape index (κ3) is 3.14. The van der Waals surface area contributed by atoms with Gasteiger partial charge < -0.3 is 15.4 Å². The molecule has 1 aliphatic carbocycles. The van der Waals surface area contributed by atoms with Crippen LogP contribution in [0.4, 0.5) is 10.5 Å². The number of carbonyl (C=O) groups is 1. The minimum absolute atomic E-state index is 0.233. The number of benzene rings is 1. The zero-order chi connectivity index (χ0) is 15.2. The Bertz CT molecular complexity index is 571. The predicted octanol–water partition coefficient (Wildman–Crippen LogP) is 3.44. The van der Waals surface area contributed by atoms with Crippen LogP contribution in [0.3, 0.4) is 0 Å². The van der Waals surface area contributed by atoms with Crippen molar-refractivity contribution >= 4 is 11.8 Å². The van der Waals surface area contributed by atoms with E-state index in [1.807, 2.05) is 26.8 Å². The molecule has 1 heterocycles. The number of nitrogens with zero attached hydrogens (tertiary/aromatic N) is 1. The van der Waals surface area contributed by atoms with E-state index >= 15 is 0 Å². The molecule has 2 aliphatic rings. The van der Waals surface area contributed by atoms with Crippen LogP contribution in [-0.2, 0) is 17.7 Å². The van der Waals surface area contributed by atoms with Gasteiger partial charge in [-0.05, 0) is 74.8 Å². The van der Waals surface area contributed by atoms with Crippen LogP contribution in [0.2, 0.25) is 0 Å². The smallest absolute Gasteiger partial charge is 0.410 e. The summed E-state index contributed by atoms with van der Waals surface area (Å²) < 4.78 is 5.47. The van der Waals surface area contributed by atoms with Gasteiger partial charge in [0.25, 0.3) is 0 Å². The number of fused-ring (bicyclic) bond motifs is 1. The topological polar surface area (TPSA) is 55.6 Å². The highest BCUT2D eigenvalue weighted by Crippen LogP contribution is 2.44. The minimum atomic E-state index is -0.452. The third-order valence-corrected chi connectivity index (χ3v) is 4.06. The zero-order valence-corrected chi connectivity index (χ0v) is 13.1. The molecule has 1 saturated carbocycles. The molecular weight excluding hydrogens is 264 g/mol. The summed E-state index contributed by atoms with van der Waals surface area (Å²) in [7, 11) is 0. The van der Waals surface area contributed by atoms with Crippen LogP contribution in [0.15, 0.2) is 12.1 Å². The second-order valence-electron chi connectivity index (χ2n) is 7.17. The average molecular weight is 288 g/mol. The lowest BCUT2D eigenvalue weighted by molar-refractivity contribution is 0.0223. The Morgan fingerprint density at radius 1 is 1.33 bits per heavy atom. The maximum absolute atomic E-state index is 12.2. The van der Waals surface area contributed by atoms with Crippen LogP contribution in [0.1, 0.15) is 56.2 Å². The summed E-state index contributed by atoms with van der Waals surface area (Å²) >= 11 is 0. The van der Waals surface area contributed by atoms with E-state index in [0.717, 1.165) is 18.7 Å². The molecule has 0 bridgehead atoms. The van der Waals surface area contributed by atoms with E-state index in [9.17, 15) is 4.79 Å². The fraction of sp³-hybridized carbons (Fsp3) is 0.588. The van der Waals surface area contributed by atoms with Gasteiger partial charge in [-0.1, -0.05) is 0 Å². The second-order valence-corrected chi connectivity index (χ2v) is 7.17. The Kier molecular flexibility index (Phi) is 3.34. The fourth-order valence-corrected chi connectivity index (χ4v) is 3.00. The summed E-state index contributed by atoms with van der Waals surface area (Å²) in [6.07, 6.45) is 3.21. The van der Waals surface area contributed by atoms with E-state index in [-0.39, 0.29) is 6.09 Å². The van der Waals surface area contributed by atoms with E-state index < -0.39 is 5.60 Å². The van der Waals surface area contributed by atoms with E-state index in [2.05, 4.69) is 6.07 Å². The van der Waals surface area contributed by atoms with Crippen LogP contribution in [0, 0.1) is 0 Å². The van der Waals surface area contributed by atoms with Crippen molar-refractivity contribution in [1.29, 1.82) is 0 Å². The van der Waals surface area contributed by atoms with Crippen molar-refractivity contribution in [3.63, 3.8) is 0 Å². The first-order valence-electron chi connectivity index (χ1n) is 7.72. The van der Waals surface area contributed by atoms with Crippen molar-refractivity contribution in [1.82, 2.24) is 4.90 Å². The molecule has 2 N–H and O–H groups in total. The molecule has 1 aliphatic heterocycles.